The number of ether oxygens (including phenoxy) is 2. The zero-order valence-electron chi connectivity index (χ0n) is 14.0. The van der Waals surface area contributed by atoms with Crippen molar-refractivity contribution in [2.75, 3.05) is 0 Å². The van der Waals surface area contributed by atoms with Crippen LogP contribution < -0.4 is 9.47 Å². The van der Waals surface area contributed by atoms with Gasteiger partial charge in [0.2, 0.25) is 0 Å². The van der Waals surface area contributed by atoms with Crippen molar-refractivity contribution in [1.29, 1.82) is 0 Å². The third kappa shape index (κ3) is 2.62. The van der Waals surface area contributed by atoms with E-state index in [0.717, 1.165) is 28.0 Å². The van der Waals surface area contributed by atoms with Gasteiger partial charge in [-0.25, -0.2) is 4.39 Å². The molecule has 4 rings (SSSR count). The van der Waals surface area contributed by atoms with Crippen LogP contribution in [-0.2, 0) is 13.0 Å². The van der Waals surface area contributed by atoms with Gasteiger partial charge < -0.3 is 13.9 Å². The summed E-state index contributed by atoms with van der Waals surface area (Å²) in [7, 11) is 0. The van der Waals surface area contributed by atoms with E-state index in [-0.39, 0.29) is 18.0 Å². The molecular formula is C20H19FO3. The lowest BCUT2D eigenvalue weighted by molar-refractivity contribution is 0.135. The molecule has 0 aliphatic carbocycles. The number of fused-ring (bicyclic) bond motifs is 2. The Morgan fingerprint density at radius 1 is 1.21 bits per heavy atom. The van der Waals surface area contributed by atoms with Crippen molar-refractivity contribution in [1.82, 2.24) is 0 Å². The lowest BCUT2D eigenvalue weighted by Crippen LogP contribution is -2.25. The molecule has 0 amide bonds. The van der Waals surface area contributed by atoms with Gasteiger partial charge in [0.25, 0.3) is 0 Å². The van der Waals surface area contributed by atoms with Crippen LogP contribution in [-0.4, -0.2) is 5.60 Å². The van der Waals surface area contributed by atoms with Crippen molar-refractivity contribution in [3.05, 3.63) is 59.1 Å². The Bertz CT molecular complexity index is 924. The number of halogens is 1. The highest BCUT2D eigenvalue weighted by molar-refractivity contribution is 5.83. The monoisotopic (exact) mass is 326 g/mol. The molecule has 4 heteroatoms. The van der Waals surface area contributed by atoms with E-state index in [9.17, 15) is 4.39 Å². The minimum Gasteiger partial charge on any atom is -0.487 e. The summed E-state index contributed by atoms with van der Waals surface area (Å²) < 4.78 is 31.6. The molecule has 0 atom stereocenters. The summed E-state index contributed by atoms with van der Waals surface area (Å²) in [6.07, 6.45) is 0.694. The Morgan fingerprint density at radius 3 is 2.88 bits per heavy atom. The van der Waals surface area contributed by atoms with Crippen LogP contribution in [0.5, 0.6) is 11.5 Å². The average molecular weight is 326 g/mol. The second-order valence-corrected chi connectivity index (χ2v) is 6.91. The van der Waals surface area contributed by atoms with Crippen molar-refractivity contribution in [2.24, 2.45) is 0 Å². The van der Waals surface area contributed by atoms with E-state index in [1.54, 1.807) is 6.07 Å². The normalized spacial score (nSPS) is 15.3. The molecule has 24 heavy (non-hydrogen) atoms. The van der Waals surface area contributed by atoms with Crippen molar-refractivity contribution in [3.8, 4) is 11.5 Å². The van der Waals surface area contributed by atoms with Gasteiger partial charge in [-0.05, 0) is 45.0 Å². The standard InChI is InChI=1S/C20H19FO3/c1-12-7-13-5-4-6-17(19(13)23-12)22-11-15-9-16(21)8-14-10-20(2,3)24-18(14)15/h4-9H,10-11H2,1-3H3. The number of para-hydroxylation sites is 1. The number of furan rings is 1. The van der Waals surface area contributed by atoms with Gasteiger partial charge in [-0.2, -0.15) is 0 Å². The van der Waals surface area contributed by atoms with Crippen molar-refractivity contribution < 1.29 is 18.3 Å². The Kier molecular flexibility index (Phi) is 3.30. The van der Waals surface area contributed by atoms with E-state index in [1.165, 1.54) is 6.07 Å². The molecule has 0 radical (unpaired) electrons. The molecule has 0 unspecified atom stereocenters. The number of benzene rings is 2. The number of rotatable bonds is 3. The summed E-state index contributed by atoms with van der Waals surface area (Å²) in [6.45, 7) is 6.14. The van der Waals surface area contributed by atoms with Crippen molar-refractivity contribution >= 4 is 11.0 Å². The van der Waals surface area contributed by atoms with E-state index in [0.29, 0.717) is 17.8 Å². The first-order valence-corrected chi connectivity index (χ1v) is 8.04. The van der Waals surface area contributed by atoms with Gasteiger partial charge in [0, 0.05) is 22.9 Å². The van der Waals surface area contributed by atoms with Crippen LogP contribution in [0, 0.1) is 12.7 Å². The molecule has 0 saturated heterocycles. The Labute approximate surface area is 140 Å². The van der Waals surface area contributed by atoms with Crippen LogP contribution in [0.15, 0.2) is 40.8 Å². The molecule has 2 heterocycles. The van der Waals surface area contributed by atoms with Gasteiger partial charge in [0.05, 0.1) is 0 Å². The molecule has 0 saturated carbocycles. The molecule has 1 aromatic heterocycles. The smallest absolute Gasteiger partial charge is 0.176 e. The fraction of sp³-hybridized carbons (Fsp3) is 0.300. The summed E-state index contributed by atoms with van der Waals surface area (Å²) >= 11 is 0. The highest BCUT2D eigenvalue weighted by atomic mass is 19.1. The van der Waals surface area contributed by atoms with E-state index < -0.39 is 0 Å². The first-order valence-electron chi connectivity index (χ1n) is 8.04. The largest absolute Gasteiger partial charge is 0.487 e. The van der Waals surface area contributed by atoms with Gasteiger partial charge in [0.15, 0.2) is 11.3 Å². The van der Waals surface area contributed by atoms with E-state index in [2.05, 4.69) is 0 Å². The van der Waals surface area contributed by atoms with Crippen LogP contribution in [0.3, 0.4) is 0 Å². The summed E-state index contributed by atoms with van der Waals surface area (Å²) in [5, 5.41) is 0.992. The minimum absolute atomic E-state index is 0.231. The van der Waals surface area contributed by atoms with Crippen LogP contribution in [0.25, 0.3) is 11.0 Å². The predicted octanol–water partition coefficient (Wildman–Crippen LogP) is 5.17. The van der Waals surface area contributed by atoms with Gasteiger partial charge in [-0.15, -0.1) is 0 Å². The molecule has 124 valence electrons. The van der Waals surface area contributed by atoms with Crippen LogP contribution >= 0.6 is 0 Å². The first kappa shape index (κ1) is 15.1. The van der Waals surface area contributed by atoms with Gasteiger partial charge in [-0.3, -0.25) is 0 Å². The molecule has 3 nitrogen and oxygen atoms in total. The van der Waals surface area contributed by atoms with E-state index in [1.807, 2.05) is 45.0 Å². The third-order valence-corrected chi connectivity index (χ3v) is 4.22. The topological polar surface area (TPSA) is 31.6 Å². The highest BCUT2D eigenvalue weighted by Gasteiger charge is 2.32. The Hall–Kier alpha value is -2.49. The molecule has 3 aromatic rings. The fourth-order valence-electron chi connectivity index (χ4n) is 3.29. The van der Waals surface area contributed by atoms with E-state index >= 15 is 0 Å². The Balaban J connectivity index is 1.65. The molecule has 0 fully saturated rings. The quantitative estimate of drug-likeness (QED) is 0.665. The number of hydrogen-bond donors (Lipinski definition) is 0. The Morgan fingerprint density at radius 2 is 2.04 bits per heavy atom. The summed E-state index contributed by atoms with van der Waals surface area (Å²) in [5.41, 5.74) is 2.01. The van der Waals surface area contributed by atoms with Crippen LogP contribution in [0.1, 0.15) is 30.7 Å². The van der Waals surface area contributed by atoms with Gasteiger partial charge in [0.1, 0.15) is 29.5 Å². The average Bonchev–Trinajstić information content (AvgIpc) is 3.02. The SMILES string of the molecule is Cc1cc2cccc(OCc3cc(F)cc4c3OC(C)(C)C4)c2o1. The maximum Gasteiger partial charge on any atom is 0.176 e. The van der Waals surface area contributed by atoms with Crippen LogP contribution in [0.4, 0.5) is 4.39 Å². The minimum atomic E-state index is -0.316. The van der Waals surface area contributed by atoms with E-state index in [4.69, 9.17) is 13.9 Å². The zero-order valence-corrected chi connectivity index (χ0v) is 14.0. The predicted molar refractivity (Wildman–Crippen MR) is 90.1 cm³/mol. The van der Waals surface area contributed by atoms with Gasteiger partial charge in [-0.1, -0.05) is 12.1 Å². The molecule has 0 spiro atoms. The second kappa shape index (κ2) is 5.26. The summed E-state index contributed by atoms with van der Waals surface area (Å²) in [6, 6.07) is 10.7. The third-order valence-electron chi connectivity index (χ3n) is 4.22. The highest BCUT2D eigenvalue weighted by Crippen LogP contribution is 2.39. The molecule has 1 aliphatic heterocycles. The van der Waals surface area contributed by atoms with Crippen molar-refractivity contribution in [3.63, 3.8) is 0 Å². The molecule has 0 bridgehead atoms. The van der Waals surface area contributed by atoms with Crippen molar-refractivity contribution in [2.45, 2.75) is 39.4 Å². The summed E-state index contributed by atoms with van der Waals surface area (Å²) in [4.78, 5) is 0. The van der Waals surface area contributed by atoms with Crippen LogP contribution in [0.2, 0.25) is 0 Å². The maximum atomic E-state index is 13.9. The fourth-order valence-corrected chi connectivity index (χ4v) is 3.29. The lowest BCUT2D eigenvalue weighted by atomic mass is 10.0. The molecule has 0 N–H and O–H groups in total. The molecular weight excluding hydrogens is 307 g/mol. The number of aryl methyl sites for hydroxylation is 1. The second-order valence-electron chi connectivity index (χ2n) is 6.91. The molecule has 1 aliphatic rings. The van der Waals surface area contributed by atoms with Gasteiger partial charge >= 0.3 is 0 Å². The molecule has 2 aromatic carbocycles. The number of hydrogen-bond acceptors (Lipinski definition) is 3. The summed E-state index contributed by atoms with van der Waals surface area (Å²) in [5.74, 6) is 1.96. The maximum absolute atomic E-state index is 13.9. The first-order chi connectivity index (χ1) is 11.4. The lowest BCUT2D eigenvalue weighted by Gasteiger charge is -2.18. The zero-order chi connectivity index (χ0) is 16.9.